The highest BCUT2D eigenvalue weighted by Gasteiger charge is 2.13. The standard InChI is InChI=1S/C27H24BN5O2S/c28-22-16-31-33-25(13-23(32-27(22)33)21-3-1-2-4-24(21)34)29-14-18-5-7-19(8-6-18)15-30-26(35)10-9-20-11-12-36-17-20/h1-13,16-17,29,34H,14-15,28H2,(H,30,35)/b10-9+. The number of carbonyl (C=O) groups is 1. The van der Waals surface area contributed by atoms with Crippen molar-refractivity contribution in [1.29, 1.82) is 0 Å². The number of carbonyl (C=O) groups excluding carboxylic acids is 1. The zero-order chi connectivity index (χ0) is 24.9. The molecule has 0 unspecified atom stereocenters. The lowest BCUT2D eigenvalue weighted by atomic mass is 10.0. The summed E-state index contributed by atoms with van der Waals surface area (Å²) in [6, 6.07) is 19.1. The number of hydrogen-bond acceptors (Lipinski definition) is 6. The molecule has 0 saturated heterocycles. The van der Waals surface area contributed by atoms with Gasteiger partial charge in [-0.2, -0.15) is 21.0 Å². The summed E-state index contributed by atoms with van der Waals surface area (Å²) in [7, 11) is 1.96. The molecule has 0 radical (unpaired) electrons. The van der Waals surface area contributed by atoms with Crippen LogP contribution in [0.25, 0.3) is 23.0 Å². The summed E-state index contributed by atoms with van der Waals surface area (Å²) in [6.07, 6.45) is 5.14. The van der Waals surface area contributed by atoms with E-state index in [4.69, 9.17) is 4.98 Å². The van der Waals surface area contributed by atoms with Crippen LogP contribution in [0.5, 0.6) is 5.75 Å². The lowest BCUT2D eigenvalue weighted by molar-refractivity contribution is -0.116. The quantitative estimate of drug-likeness (QED) is 0.228. The average molecular weight is 493 g/mol. The van der Waals surface area contributed by atoms with Crippen LogP contribution in [-0.2, 0) is 17.9 Å². The number of hydrogen-bond donors (Lipinski definition) is 3. The first-order chi connectivity index (χ1) is 17.6. The molecule has 5 rings (SSSR count). The number of benzene rings is 2. The first-order valence-electron chi connectivity index (χ1n) is 11.5. The van der Waals surface area contributed by atoms with Gasteiger partial charge in [-0.05, 0) is 57.2 Å². The molecular weight excluding hydrogens is 469 g/mol. The highest BCUT2D eigenvalue weighted by molar-refractivity contribution is 7.08. The minimum atomic E-state index is -0.122. The van der Waals surface area contributed by atoms with Crippen molar-refractivity contribution in [1.82, 2.24) is 19.9 Å². The van der Waals surface area contributed by atoms with E-state index in [0.29, 0.717) is 24.3 Å². The van der Waals surface area contributed by atoms with E-state index in [0.717, 1.165) is 33.6 Å². The van der Waals surface area contributed by atoms with Gasteiger partial charge in [-0.15, -0.1) is 0 Å². The largest absolute Gasteiger partial charge is 0.507 e. The van der Waals surface area contributed by atoms with E-state index >= 15 is 0 Å². The molecule has 3 heterocycles. The van der Waals surface area contributed by atoms with Crippen LogP contribution >= 0.6 is 11.3 Å². The van der Waals surface area contributed by atoms with Gasteiger partial charge in [0.2, 0.25) is 5.91 Å². The Labute approximate surface area is 213 Å². The minimum Gasteiger partial charge on any atom is -0.507 e. The molecule has 3 aromatic heterocycles. The van der Waals surface area contributed by atoms with E-state index in [-0.39, 0.29) is 11.7 Å². The third-order valence-corrected chi connectivity index (χ3v) is 6.46. The Bertz CT molecular complexity index is 1530. The van der Waals surface area contributed by atoms with Crippen LogP contribution < -0.4 is 16.1 Å². The highest BCUT2D eigenvalue weighted by Crippen LogP contribution is 2.29. The van der Waals surface area contributed by atoms with Crippen molar-refractivity contribution >= 4 is 48.1 Å². The summed E-state index contributed by atoms with van der Waals surface area (Å²) in [5.74, 6) is 0.839. The number of fused-ring (bicyclic) bond motifs is 1. The number of nitrogens with one attached hydrogen (secondary N) is 2. The lowest BCUT2D eigenvalue weighted by Gasteiger charge is -2.12. The molecule has 0 aliphatic carbocycles. The lowest BCUT2D eigenvalue weighted by Crippen LogP contribution is -2.20. The summed E-state index contributed by atoms with van der Waals surface area (Å²) in [4.78, 5) is 16.8. The normalized spacial score (nSPS) is 11.2. The molecular formula is C27H24BN5O2S. The van der Waals surface area contributed by atoms with E-state index in [1.54, 1.807) is 40.3 Å². The summed E-state index contributed by atoms with van der Waals surface area (Å²) in [5, 5.41) is 25.1. The zero-order valence-electron chi connectivity index (χ0n) is 19.7. The minimum absolute atomic E-state index is 0.122. The molecule has 36 heavy (non-hydrogen) atoms. The molecule has 7 nitrogen and oxygen atoms in total. The van der Waals surface area contributed by atoms with Gasteiger partial charge in [0.05, 0.1) is 5.69 Å². The van der Waals surface area contributed by atoms with Gasteiger partial charge in [-0.1, -0.05) is 36.4 Å². The Hall–Kier alpha value is -4.37. The Morgan fingerprint density at radius 2 is 1.86 bits per heavy atom. The van der Waals surface area contributed by atoms with Crippen LogP contribution in [-0.4, -0.2) is 33.5 Å². The number of para-hydroxylation sites is 1. The van der Waals surface area contributed by atoms with Crippen LogP contribution in [0.1, 0.15) is 16.7 Å². The second kappa shape index (κ2) is 10.5. The number of aromatic nitrogens is 3. The van der Waals surface area contributed by atoms with Crippen molar-refractivity contribution < 1.29 is 9.90 Å². The number of phenols is 1. The first-order valence-corrected chi connectivity index (χ1v) is 12.4. The molecule has 0 spiro atoms. The molecule has 1 amide bonds. The van der Waals surface area contributed by atoms with Crippen molar-refractivity contribution in [3.63, 3.8) is 0 Å². The number of phenolic OH excluding ortho intramolecular Hbond substituents is 1. The molecule has 178 valence electrons. The maximum atomic E-state index is 12.1. The third kappa shape index (κ3) is 5.31. The number of anilines is 1. The Morgan fingerprint density at radius 1 is 1.08 bits per heavy atom. The van der Waals surface area contributed by atoms with Gasteiger partial charge in [0.25, 0.3) is 0 Å². The van der Waals surface area contributed by atoms with Gasteiger partial charge in [-0.25, -0.2) is 4.98 Å². The smallest absolute Gasteiger partial charge is 0.244 e. The predicted molar refractivity (Wildman–Crippen MR) is 147 cm³/mol. The van der Waals surface area contributed by atoms with Crippen LogP contribution in [0.2, 0.25) is 0 Å². The van der Waals surface area contributed by atoms with Crippen LogP contribution in [0, 0.1) is 0 Å². The number of aromatic hydroxyl groups is 1. The van der Waals surface area contributed by atoms with Crippen LogP contribution in [0.3, 0.4) is 0 Å². The Morgan fingerprint density at radius 3 is 2.61 bits per heavy atom. The van der Waals surface area contributed by atoms with Crippen molar-refractivity contribution in [2.24, 2.45) is 0 Å². The SMILES string of the molecule is Bc1cnn2c(NCc3ccc(CNC(=O)/C=C/c4ccsc4)cc3)cc(-c3ccccc3O)nc12. The highest BCUT2D eigenvalue weighted by atomic mass is 32.1. The third-order valence-electron chi connectivity index (χ3n) is 5.76. The predicted octanol–water partition coefficient (Wildman–Crippen LogP) is 3.36. The van der Waals surface area contributed by atoms with Crippen molar-refractivity contribution in [2.45, 2.75) is 13.1 Å². The summed E-state index contributed by atoms with van der Waals surface area (Å²) in [6.45, 7) is 1.04. The van der Waals surface area contributed by atoms with Crippen LogP contribution in [0.15, 0.2) is 83.7 Å². The van der Waals surface area contributed by atoms with E-state index in [1.807, 2.05) is 73.2 Å². The molecule has 0 fully saturated rings. The molecule has 2 aromatic carbocycles. The first kappa shape index (κ1) is 23.4. The molecule has 0 aliphatic rings. The van der Waals surface area contributed by atoms with Gasteiger partial charge in [-0.3, -0.25) is 4.79 Å². The maximum Gasteiger partial charge on any atom is 0.244 e. The van der Waals surface area contributed by atoms with Crippen LogP contribution in [0.4, 0.5) is 5.82 Å². The van der Waals surface area contributed by atoms with E-state index in [9.17, 15) is 9.90 Å². The number of thiophene rings is 1. The molecule has 0 atom stereocenters. The average Bonchev–Trinajstić information content (AvgIpc) is 3.56. The maximum absolute atomic E-state index is 12.1. The fourth-order valence-electron chi connectivity index (χ4n) is 3.78. The molecule has 0 saturated carbocycles. The second-order valence-corrected chi connectivity index (χ2v) is 9.16. The molecule has 0 aliphatic heterocycles. The summed E-state index contributed by atoms with van der Waals surface area (Å²) < 4.78 is 1.77. The molecule has 9 heteroatoms. The zero-order valence-corrected chi connectivity index (χ0v) is 20.5. The van der Waals surface area contributed by atoms with Gasteiger partial charge < -0.3 is 15.7 Å². The summed E-state index contributed by atoms with van der Waals surface area (Å²) in [5.41, 5.74) is 6.15. The topological polar surface area (TPSA) is 91.5 Å². The van der Waals surface area contributed by atoms with Gasteiger partial charge in [0, 0.05) is 37.0 Å². The number of nitrogens with zero attached hydrogens (tertiary/aromatic N) is 3. The second-order valence-electron chi connectivity index (χ2n) is 8.38. The number of rotatable bonds is 8. The van der Waals surface area contributed by atoms with E-state index in [1.165, 1.54) is 0 Å². The van der Waals surface area contributed by atoms with E-state index in [2.05, 4.69) is 15.7 Å². The van der Waals surface area contributed by atoms with Gasteiger partial charge in [0.15, 0.2) is 5.65 Å². The molecule has 0 bridgehead atoms. The monoisotopic (exact) mass is 493 g/mol. The fourth-order valence-corrected chi connectivity index (χ4v) is 4.41. The van der Waals surface area contributed by atoms with Gasteiger partial charge >= 0.3 is 0 Å². The van der Waals surface area contributed by atoms with Crippen molar-refractivity contribution in [3.05, 3.63) is 100 Å². The fraction of sp³-hybridized carbons (Fsp3) is 0.0741. The van der Waals surface area contributed by atoms with Gasteiger partial charge in [0.1, 0.15) is 19.4 Å². The van der Waals surface area contributed by atoms with E-state index < -0.39 is 0 Å². The number of amides is 1. The Kier molecular flexibility index (Phi) is 6.82. The summed E-state index contributed by atoms with van der Waals surface area (Å²) >= 11 is 1.60. The molecule has 3 N–H and O–H groups in total. The van der Waals surface area contributed by atoms with Crippen molar-refractivity contribution in [3.8, 4) is 17.0 Å². The Balaban J connectivity index is 1.25. The molecule has 5 aromatic rings. The van der Waals surface area contributed by atoms with Crippen molar-refractivity contribution in [2.75, 3.05) is 5.32 Å².